The fourth-order valence-electron chi connectivity index (χ4n) is 4.14. The maximum absolute atomic E-state index is 4.98. The number of hydrogen-bond donors (Lipinski definition) is 1. The van der Waals surface area contributed by atoms with Gasteiger partial charge in [-0.05, 0) is 64.2 Å². The van der Waals surface area contributed by atoms with Crippen molar-refractivity contribution in [3.8, 4) is 11.4 Å². The van der Waals surface area contributed by atoms with Crippen LogP contribution in [0.3, 0.4) is 0 Å². The Morgan fingerprint density at radius 2 is 1.64 bits per heavy atom. The molecule has 132 valence electrons. The number of benzene rings is 1. The second kappa shape index (κ2) is 7.15. The van der Waals surface area contributed by atoms with Gasteiger partial charge in [0.15, 0.2) is 5.82 Å². The van der Waals surface area contributed by atoms with Gasteiger partial charge in [0, 0.05) is 22.9 Å². The molecule has 25 heavy (non-hydrogen) atoms. The molecular formula is C22H29N3. The third-order valence-corrected chi connectivity index (χ3v) is 5.85. The first-order chi connectivity index (χ1) is 12.2. The van der Waals surface area contributed by atoms with Crippen molar-refractivity contribution in [2.24, 2.45) is 5.92 Å². The summed E-state index contributed by atoms with van der Waals surface area (Å²) in [6, 6.07) is 9.16. The van der Waals surface area contributed by atoms with Crippen LogP contribution in [0.15, 0.2) is 24.3 Å². The number of hydrogen-bond acceptors (Lipinski definition) is 3. The van der Waals surface area contributed by atoms with E-state index in [4.69, 9.17) is 9.97 Å². The summed E-state index contributed by atoms with van der Waals surface area (Å²) in [4.78, 5) is 9.90. The topological polar surface area (TPSA) is 37.8 Å². The molecule has 0 unspecified atom stereocenters. The molecule has 3 heteroatoms. The van der Waals surface area contributed by atoms with Gasteiger partial charge in [-0.15, -0.1) is 0 Å². The lowest BCUT2D eigenvalue weighted by atomic mass is 9.87. The van der Waals surface area contributed by atoms with Gasteiger partial charge in [-0.3, -0.25) is 0 Å². The van der Waals surface area contributed by atoms with Gasteiger partial charge in [0.05, 0.1) is 0 Å². The number of fused-ring (bicyclic) bond motifs is 1. The molecule has 1 aromatic heterocycles. The minimum absolute atomic E-state index is 0.572. The smallest absolute Gasteiger partial charge is 0.161 e. The molecule has 0 spiro atoms. The van der Waals surface area contributed by atoms with E-state index >= 15 is 0 Å². The highest BCUT2D eigenvalue weighted by Crippen LogP contribution is 2.31. The van der Waals surface area contributed by atoms with E-state index in [2.05, 4.69) is 43.4 Å². The molecule has 0 bridgehead atoms. The third-order valence-electron chi connectivity index (χ3n) is 5.85. The maximum Gasteiger partial charge on any atom is 0.161 e. The fraction of sp³-hybridized carbons (Fsp3) is 0.545. The molecule has 0 atom stereocenters. The molecule has 2 aromatic rings. The van der Waals surface area contributed by atoms with Gasteiger partial charge in [-0.2, -0.15) is 0 Å². The minimum Gasteiger partial charge on any atom is -0.367 e. The number of anilines is 1. The Bertz CT molecular complexity index is 728. The van der Waals surface area contributed by atoms with Crippen molar-refractivity contribution >= 4 is 5.82 Å². The zero-order chi connectivity index (χ0) is 17.2. The Morgan fingerprint density at radius 1 is 0.920 bits per heavy atom. The lowest BCUT2D eigenvalue weighted by molar-refractivity contribution is 0.360. The number of nitrogens with one attached hydrogen (secondary N) is 1. The number of aromatic nitrogens is 2. The van der Waals surface area contributed by atoms with Crippen LogP contribution in [0.5, 0.6) is 0 Å². The Labute approximate surface area is 151 Å². The molecule has 1 heterocycles. The predicted octanol–water partition coefficient (Wildman–Crippen LogP) is 5.32. The zero-order valence-electron chi connectivity index (χ0n) is 15.5. The molecule has 1 fully saturated rings. The predicted molar refractivity (Wildman–Crippen MR) is 104 cm³/mol. The molecule has 0 saturated heterocycles. The highest BCUT2D eigenvalue weighted by molar-refractivity contribution is 5.61. The van der Waals surface area contributed by atoms with Gasteiger partial charge in [-0.25, -0.2) is 9.97 Å². The van der Waals surface area contributed by atoms with Gasteiger partial charge >= 0.3 is 0 Å². The standard InChI is InChI=1S/C22H29N3/c1-15-7-11-17(12-8-15)21-24-20-6-4-3-5-19(20)22(25-21)23-18-13-9-16(2)10-14-18/h7-8,11-12,16,18H,3-6,9-10,13-14H2,1-2H3,(H,23,24,25). The van der Waals surface area contributed by atoms with E-state index in [1.807, 2.05) is 0 Å². The number of aryl methyl sites for hydroxylation is 2. The van der Waals surface area contributed by atoms with Crippen molar-refractivity contribution in [3.63, 3.8) is 0 Å². The monoisotopic (exact) mass is 335 g/mol. The SMILES string of the molecule is Cc1ccc(-c2nc3c(c(NC4CCC(C)CC4)n2)CCCC3)cc1. The summed E-state index contributed by atoms with van der Waals surface area (Å²) in [5.74, 6) is 2.87. The van der Waals surface area contributed by atoms with Crippen molar-refractivity contribution < 1.29 is 0 Å². The van der Waals surface area contributed by atoms with Crippen molar-refractivity contribution in [3.05, 3.63) is 41.1 Å². The quantitative estimate of drug-likeness (QED) is 0.824. The number of rotatable bonds is 3. The maximum atomic E-state index is 4.98. The average molecular weight is 335 g/mol. The van der Waals surface area contributed by atoms with Crippen LogP contribution in [-0.2, 0) is 12.8 Å². The van der Waals surface area contributed by atoms with Crippen LogP contribution in [0.2, 0.25) is 0 Å². The zero-order valence-corrected chi connectivity index (χ0v) is 15.5. The number of nitrogens with zero attached hydrogens (tertiary/aromatic N) is 2. The second-order valence-corrected chi connectivity index (χ2v) is 8.00. The van der Waals surface area contributed by atoms with E-state index in [0.717, 1.165) is 36.0 Å². The second-order valence-electron chi connectivity index (χ2n) is 8.00. The van der Waals surface area contributed by atoms with Crippen LogP contribution >= 0.6 is 0 Å². The van der Waals surface area contributed by atoms with Gasteiger partial charge in [0.25, 0.3) is 0 Å². The van der Waals surface area contributed by atoms with Crippen molar-refractivity contribution in [2.45, 2.75) is 71.3 Å². The van der Waals surface area contributed by atoms with Gasteiger partial charge in [0.2, 0.25) is 0 Å². The van der Waals surface area contributed by atoms with E-state index < -0.39 is 0 Å². The molecular weight excluding hydrogens is 306 g/mol. The molecule has 1 saturated carbocycles. The van der Waals surface area contributed by atoms with Crippen molar-refractivity contribution in [1.82, 2.24) is 9.97 Å². The normalized spacial score (nSPS) is 23.1. The van der Waals surface area contributed by atoms with Gasteiger partial charge in [0.1, 0.15) is 5.82 Å². The summed E-state index contributed by atoms with van der Waals surface area (Å²) < 4.78 is 0. The first kappa shape index (κ1) is 16.6. The molecule has 2 aliphatic carbocycles. The molecule has 2 aliphatic rings. The van der Waals surface area contributed by atoms with Crippen LogP contribution in [0.4, 0.5) is 5.82 Å². The van der Waals surface area contributed by atoms with E-state index in [1.54, 1.807) is 0 Å². The van der Waals surface area contributed by atoms with E-state index in [1.165, 1.54) is 55.3 Å². The fourth-order valence-corrected chi connectivity index (χ4v) is 4.14. The molecule has 4 rings (SSSR count). The minimum atomic E-state index is 0.572. The van der Waals surface area contributed by atoms with Crippen LogP contribution in [-0.4, -0.2) is 16.0 Å². The molecule has 1 aromatic carbocycles. The largest absolute Gasteiger partial charge is 0.367 e. The summed E-state index contributed by atoms with van der Waals surface area (Å²) in [5, 5.41) is 3.80. The Morgan fingerprint density at radius 3 is 2.40 bits per heavy atom. The van der Waals surface area contributed by atoms with Crippen molar-refractivity contribution in [1.29, 1.82) is 0 Å². The first-order valence-electron chi connectivity index (χ1n) is 9.92. The average Bonchev–Trinajstić information content (AvgIpc) is 2.64. The summed E-state index contributed by atoms with van der Waals surface area (Å²) in [5.41, 5.74) is 5.04. The molecule has 3 nitrogen and oxygen atoms in total. The van der Waals surface area contributed by atoms with Crippen LogP contribution in [0.1, 0.15) is 62.3 Å². The molecule has 1 N–H and O–H groups in total. The molecule has 0 aliphatic heterocycles. The van der Waals surface area contributed by atoms with E-state index in [0.29, 0.717) is 6.04 Å². The first-order valence-corrected chi connectivity index (χ1v) is 9.92. The van der Waals surface area contributed by atoms with Crippen LogP contribution in [0, 0.1) is 12.8 Å². The van der Waals surface area contributed by atoms with E-state index in [9.17, 15) is 0 Å². The Kier molecular flexibility index (Phi) is 4.74. The lowest BCUT2D eigenvalue weighted by Crippen LogP contribution is -2.27. The summed E-state index contributed by atoms with van der Waals surface area (Å²) in [6.45, 7) is 4.49. The van der Waals surface area contributed by atoms with Gasteiger partial charge in [-0.1, -0.05) is 36.8 Å². The summed E-state index contributed by atoms with van der Waals surface area (Å²) in [7, 11) is 0. The molecule has 0 amide bonds. The Balaban J connectivity index is 1.66. The van der Waals surface area contributed by atoms with Crippen LogP contribution in [0.25, 0.3) is 11.4 Å². The molecule has 0 radical (unpaired) electrons. The third kappa shape index (κ3) is 3.70. The highest BCUT2D eigenvalue weighted by atomic mass is 15.1. The summed E-state index contributed by atoms with van der Waals surface area (Å²) >= 11 is 0. The summed E-state index contributed by atoms with van der Waals surface area (Å²) in [6.07, 6.45) is 9.90. The van der Waals surface area contributed by atoms with Crippen LogP contribution < -0.4 is 5.32 Å². The lowest BCUT2D eigenvalue weighted by Gasteiger charge is -2.29. The van der Waals surface area contributed by atoms with Crippen molar-refractivity contribution in [2.75, 3.05) is 5.32 Å². The van der Waals surface area contributed by atoms with Gasteiger partial charge < -0.3 is 5.32 Å². The Hall–Kier alpha value is -1.90. The highest BCUT2D eigenvalue weighted by Gasteiger charge is 2.23. The van der Waals surface area contributed by atoms with E-state index in [-0.39, 0.29) is 0 Å².